The molecule has 2 heterocycles. The quantitative estimate of drug-likeness (QED) is 0.176. The molecule has 0 spiro atoms. The van der Waals surface area contributed by atoms with Crippen LogP contribution in [0.2, 0.25) is 10.1 Å². The molecule has 2 fully saturated rings. The van der Waals surface area contributed by atoms with Gasteiger partial charge < -0.3 is 19.2 Å². The molecular formula is C39H39BClNO6Si. The molecule has 3 aliphatic rings. The number of phenols is 1. The predicted octanol–water partition coefficient (Wildman–Crippen LogP) is 6.23. The van der Waals surface area contributed by atoms with Crippen LogP contribution in [-0.4, -0.2) is 44.0 Å². The second kappa shape index (κ2) is 13.0. The van der Waals surface area contributed by atoms with Crippen LogP contribution in [0, 0.1) is 17.8 Å². The van der Waals surface area contributed by atoms with Crippen molar-refractivity contribution in [2.45, 2.75) is 44.8 Å². The number of hydrogen-bond donors (Lipinski definition) is 2. The van der Waals surface area contributed by atoms with Crippen LogP contribution in [0.25, 0.3) is 0 Å². The number of allylic oxidation sites excluding steroid dienone is 1. The fourth-order valence-corrected chi connectivity index (χ4v) is 13.2. The standard InChI is InChI=1S/C39H39BClNO6Si/c1-39(2,3)49(28-15-9-5-10-16-28,29-17-11-6-12-18-29)47-24-25-21-32-35(38(45)42(37(32)44)26-13-7-4-8-14-26)31-23-34(48-40(46)36(25)31)30-20-19-27(43)22-33(30)41/h4-20,22,31-32,34-35,43,46H,21,23-24H2,1-3H3/t31-,32-,34-,35+/m0/s1. The number of rotatable bonds is 7. The molecule has 0 aromatic heterocycles. The van der Waals surface area contributed by atoms with E-state index in [-0.39, 0.29) is 35.6 Å². The number of imide groups is 1. The van der Waals surface area contributed by atoms with Gasteiger partial charge in [-0.05, 0) is 75.0 Å². The topological polar surface area (TPSA) is 96.3 Å². The molecule has 2 aliphatic heterocycles. The van der Waals surface area contributed by atoms with E-state index in [9.17, 15) is 19.7 Å². The Bertz CT molecular complexity index is 1860. The number of benzene rings is 4. The first-order chi connectivity index (χ1) is 23.5. The number of carbonyl (C=O) groups is 2. The minimum absolute atomic E-state index is 0.0151. The molecule has 0 saturated carbocycles. The zero-order valence-electron chi connectivity index (χ0n) is 27.8. The molecule has 2 amide bonds. The van der Waals surface area contributed by atoms with E-state index < -0.39 is 39.3 Å². The summed E-state index contributed by atoms with van der Waals surface area (Å²) >= 11 is 6.56. The van der Waals surface area contributed by atoms with Crippen LogP contribution in [0.4, 0.5) is 5.69 Å². The summed E-state index contributed by atoms with van der Waals surface area (Å²) in [4.78, 5) is 29.8. The van der Waals surface area contributed by atoms with E-state index in [1.807, 2.05) is 54.6 Å². The maximum Gasteiger partial charge on any atom is 0.487 e. The monoisotopic (exact) mass is 691 g/mol. The van der Waals surface area contributed by atoms with Gasteiger partial charge in [-0.1, -0.05) is 117 Å². The van der Waals surface area contributed by atoms with Crippen LogP contribution in [0.15, 0.2) is 120 Å². The summed E-state index contributed by atoms with van der Waals surface area (Å²) in [6, 6.07) is 34.3. The van der Waals surface area contributed by atoms with Crippen molar-refractivity contribution in [2.24, 2.45) is 17.8 Å². The molecule has 1 aliphatic carbocycles. The van der Waals surface area contributed by atoms with Crippen LogP contribution in [0.1, 0.15) is 45.3 Å². The van der Waals surface area contributed by atoms with Gasteiger partial charge in [0, 0.05) is 5.02 Å². The van der Waals surface area contributed by atoms with E-state index in [4.69, 9.17) is 20.7 Å². The molecule has 4 aromatic rings. The lowest BCUT2D eigenvalue weighted by molar-refractivity contribution is -0.123. The number of carbonyl (C=O) groups excluding carboxylic acids is 2. The van der Waals surface area contributed by atoms with Gasteiger partial charge in [-0.3, -0.25) is 14.5 Å². The van der Waals surface area contributed by atoms with Gasteiger partial charge in [-0.15, -0.1) is 0 Å². The summed E-state index contributed by atoms with van der Waals surface area (Å²) < 4.78 is 13.6. The molecule has 0 bridgehead atoms. The van der Waals surface area contributed by atoms with Crippen molar-refractivity contribution in [1.29, 1.82) is 0 Å². The van der Waals surface area contributed by atoms with E-state index >= 15 is 0 Å². The zero-order chi connectivity index (χ0) is 34.5. The molecule has 0 unspecified atom stereocenters. The lowest BCUT2D eigenvalue weighted by atomic mass is 9.55. The van der Waals surface area contributed by atoms with Gasteiger partial charge in [-0.2, -0.15) is 0 Å². The molecule has 49 heavy (non-hydrogen) atoms. The van der Waals surface area contributed by atoms with E-state index in [0.29, 0.717) is 28.2 Å². The van der Waals surface area contributed by atoms with Gasteiger partial charge in [0.1, 0.15) is 5.75 Å². The summed E-state index contributed by atoms with van der Waals surface area (Å²) in [5, 5.41) is 24.1. The van der Waals surface area contributed by atoms with Crippen LogP contribution in [-0.2, 0) is 18.7 Å². The molecule has 2 N–H and O–H groups in total. The van der Waals surface area contributed by atoms with Crippen molar-refractivity contribution in [3.05, 3.63) is 131 Å². The Balaban J connectivity index is 1.33. The fourth-order valence-electron chi connectivity index (χ4n) is 8.31. The normalized spacial score (nSPS) is 22.7. The number of fused-ring (bicyclic) bond motifs is 3. The first kappa shape index (κ1) is 33.5. The summed E-state index contributed by atoms with van der Waals surface area (Å²) in [6.45, 7) is 6.79. The van der Waals surface area contributed by atoms with Crippen molar-refractivity contribution < 1.29 is 28.8 Å². The zero-order valence-corrected chi connectivity index (χ0v) is 29.5. The van der Waals surface area contributed by atoms with Crippen LogP contribution in [0.3, 0.4) is 0 Å². The van der Waals surface area contributed by atoms with Crippen molar-refractivity contribution in [2.75, 3.05) is 11.5 Å². The van der Waals surface area contributed by atoms with Crippen LogP contribution in [0.5, 0.6) is 5.75 Å². The van der Waals surface area contributed by atoms with Crippen molar-refractivity contribution >= 4 is 54.9 Å². The molecular weight excluding hydrogens is 653 g/mol. The Kier molecular flexibility index (Phi) is 8.92. The van der Waals surface area contributed by atoms with Crippen LogP contribution >= 0.6 is 11.6 Å². The summed E-state index contributed by atoms with van der Waals surface area (Å²) in [5.41, 5.74) is 2.53. The van der Waals surface area contributed by atoms with Crippen LogP contribution < -0.4 is 15.3 Å². The van der Waals surface area contributed by atoms with Gasteiger partial charge in [0.2, 0.25) is 11.8 Å². The third-order valence-corrected chi connectivity index (χ3v) is 15.7. The fraction of sp³-hybridized carbons (Fsp3) is 0.282. The highest BCUT2D eigenvalue weighted by atomic mass is 35.5. The molecule has 250 valence electrons. The lowest BCUT2D eigenvalue weighted by Gasteiger charge is -2.45. The minimum atomic E-state index is -2.98. The van der Waals surface area contributed by atoms with Gasteiger partial charge in [0.05, 0.1) is 30.2 Å². The first-order valence-corrected chi connectivity index (χ1v) is 19.0. The number of halogens is 1. The molecule has 0 radical (unpaired) electrons. The lowest BCUT2D eigenvalue weighted by Crippen LogP contribution is -2.66. The smallest absolute Gasteiger partial charge is 0.487 e. The van der Waals surface area contributed by atoms with E-state index in [1.165, 1.54) is 17.0 Å². The number of nitrogens with zero attached hydrogens (tertiary/aromatic N) is 1. The average molecular weight is 692 g/mol. The van der Waals surface area contributed by atoms with E-state index in [1.54, 1.807) is 18.2 Å². The number of hydrogen-bond acceptors (Lipinski definition) is 6. The predicted molar refractivity (Wildman–Crippen MR) is 194 cm³/mol. The van der Waals surface area contributed by atoms with Gasteiger partial charge >= 0.3 is 7.12 Å². The number of anilines is 1. The summed E-state index contributed by atoms with van der Waals surface area (Å²) in [5.74, 6) is -2.32. The highest BCUT2D eigenvalue weighted by Crippen LogP contribution is 2.53. The Morgan fingerprint density at radius 2 is 1.47 bits per heavy atom. The Morgan fingerprint density at radius 3 is 2.04 bits per heavy atom. The van der Waals surface area contributed by atoms with Gasteiger partial charge in [0.15, 0.2) is 0 Å². The molecule has 7 rings (SSSR count). The van der Waals surface area contributed by atoms with E-state index in [2.05, 4.69) is 45.0 Å². The molecule has 10 heteroatoms. The van der Waals surface area contributed by atoms with Gasteiger partial charge in [-0.25, -0.2) is 0 Å². The third kappa shape index (κ3) is 5.77. The number of phenolic OH excluding ortho intramolecular Hbond substituents is 1. The Labute approximate surface area is 293 Å². The third-order valence-electron chi connectivity index (χ3n) is 10.4. The maximum atomic E-state index is 14.3. The van der Waals surface area contributed by atoms with Crippen molar-refractivity contribution in [3.8, 4) is 5.75 Å². The molecule has 2 saturated heterocycles. The van der Waals surface area contributed by atoms with Crippen molar-refractivity contribution in [3.63, 3.8) is 0 Å². The Morgan fingerprint density at radius 1 is 0.878 bits per heavy atom. The second-order valence-corrected chi connectivity index (χ2v) is 18.9. The summed E-state index contributed by atoms with van der Waals surface area (Å²) in [7, 11) is -4.33. The van der Waals surface area contributed by atoms with Crippen molar-refractivity contribution in [1.82, 2.24) is 0 Å². The first-order valence-electron chi connectivity index (χ1n) is 16.7. The molecule has 4 aromatic carbocycles. The maximum absolute atomic E-state index is 14.3. The summed E-state index contributed by atoms with van der Waals surface area (Å²) in [6.07, 6.45) is -0.0704. The second-order valence-electron chi connectivity index (χ2n) is 14.2. The largest absolute Gasteiger partial charge is 0.508 e. The highest BCUT2D eigenvalue weighted by Gasteiger charge is 2.59. The SMILES string of the molecule is CC(C)(C)[Si](OCC1=C2B(O)O[C@H](c3ccc(O)cc3Cl)C[C@H]2[C@H]2C(=O)N(c3ccccc3)C(=O)[C@H]2C1)(c1ccccc1)c1ccccc1. The highest BCUT2D eigenvalue weighted by molar-refractivity contribution is 6.99. The molecule has 4 atom stereocenters. The average Bonchev–Trinajstić information content (AvgIpc) is 3.34. The molecule has 7 nitrogen and oxygen atoms in total. The Hall–Kier alpha value is -3.99. The van der Waals surface area contributed by atoms with Gasteiger partial charge in [0.25, 0.3) is 8.32 Å². The number of aromatic hydroxyl groups is 1. The van der Waals surface area contributed by atoms with E-state index in [0.717, 1.165) is 15.9 Å². The number of amides is 2. The number of para-hydroxylation sites is 1. The minimum Gasteiger partial charge on any atom is -0.508 e.